The average molecular weight is 379 g/mol. The third kappa shape index (κ3) is 5.36. The van der Waals surface area contributed by atoms with Gasteiger partial charge in [0.05, 0.1) is 20.5 Å². The van der Waals surface area contributed by atoms with Crippen molar-refractivity contribution in [3.05, 3.63) is 77.9 Å². The van der Waals surface area contributed by atoms with Crippen LogP contribution in [0, 0.1) is 0 Å². The maximum atomic E-state index is 12.2. The Morgan fingerprint density at radius 2 is 1.86 bits per heavy atom. The summed E-state index contributed by atoms with van der Waals surface area (Å²) in [6.07, 6.45) is 6.49. The van der Waals surface area contributed by atoms with Crippen LogP contribution >= 0.6 is 0 Å². The minimum absolute atomic E-state index is 0.00682. The average Bonchev–Trinajstić information content (AvgIpc) is 3.24. The number of amides is 1. The van der Waals surface area contributed by atoms with Crippen LogP contribution in [-0.2, 0) is 24.3 Å². The summed E-state index contributed by atoms with van der Waals surface area (Å²) in [6, 6.07) is 13.8. The van der Waals surface area contributed by atoms with Crippen LogP contribution in [0.1, 0.15) is 23.1 Å². The number of hydrogen-bond acceptors (Lipinski definition) is 4. The van der Waals surface area contributed by atoms with Crippen molar-refractivity contribution in [3.63, 3.8) is 0 Å². The maximum absolute atomic E-state index is 12.2. The molecule has 0 atom stereocenters. The highest BCUT2D eigenvalue weighted by molar-refractivity contribution is 5.76. The van der Waals surface area contributed by atoms with Crippen LogP contribution in [0.3, 0.4) is 0 Å². The van der Waals surface area contributed by atoms with E-state index in [1.165, 1.54) is 5.56 Å². The lowest BCUT2D eigenvalue weighted by molar-refractivity contribution is -0.121. The summed E-state index contributed by atoms with van der Waals surface area (Å²) in [5.74, 6) is 1.53. The van der Waals surface area contributed by atoms with Crippen LogP contribution in [0.4, 0.5) is 0 Å². The zero-order valence-electron chi connectivity index (χ0n) is 16.2. The fourth-order valence-corrected chi connectivity index (χ4v) is 2.97. The van der Waals surface area contributed by atoms with Crippen LogP contribution in [-0.4, -0.2) is 29.7 Å². The first-order chi connectivity index (χ1) is 13.7. The molecule has 146 valence electrons. The molecule has 0 radical (unpaired) electrons. The zero-order chi connectivity index (χ0) is 19.8. The number of aryl methyl sites for hydroxylation is 1. The minimum Gasteiger partial charge on any atom is -0.497 e. The van der Waals surface area contributed by atoms with Crippen LogP contribution in [0.25, 0.3) is 0 Å². The molecule has 1 aromatic heterocycles. The van der Waals surface area contributed by atoms with E-state index in [2.05, 4.69) is 22.4 Å². The van der Waals surface area contributed by atoms with Gasteiger partial charge in [-0.25, -0.2) is 4.98 Å². The Hall–Kier alpha value is -3.28. The van der Waals surface area contributed by atoms with Crippen molar-refractivity contribution in [1.29, 1.82) is 0 Å². The summed E-state index contributed by atoms with van der Waals surface area (Å²) in [4.78, 5) is 16.3. The number of aromatic nitrogens is 2. The highest BCUT2D eigenvalue weighted by atomic mass is 16.5. The molecule has 0 aliphatic heterocycles. The zero-order valence-corrected chi connectivity index (χ0v) is 16.2. The van der Waals surface area contributed by atoms with Crippen LogP contribution in [0.15, 0.2) is 61.2 Å². The van der Waals surface area contributed by atoms with Gasteiger partial charge in [0.2, 0.25) is 5.91 Å². The lowest BCUT2D eigenvalue weighted by atomic mass is 10.1. The van der Waals surface area contributed by atoms with Gasteiger partial charge in [0, 0.05) is 31.9 Å². The molecule has 6 nitrogen and oxygen atoms in total. The van der Waals surface area contributed by atoms with E-state index in [-0.39, 0.29) is 5.91 Å². The first kappa shape index (κ1) is 19.5. The van der Waals surface area contributed by atoms with E-state index in [4.69, 9.17) is 9.47 Å². The Morgan fingerprint density at radius 3 is 2.54 bits per heavy atom. The van der Waals surface area contributed by atoms with Gasteiger partial charge in [-0.2, -0.15) is 0 Å². The van der Waals surface area contributed by atoms with E-state index >= 15 is 0 Å². The van der Waals surface area contributed by atoms with Crippen LogP contribution in [0.5, 0.6) is 11.5 Å². The van der Waals surface area contributed by atoms with Gasteiger partial charge in [-0.05, 0) is 41.3 Å². The van der Waals surface area contributed by atoms with Crippen molar-refractivity contribution in [2.45, 2.75) is 25.9 Å². The molecular formula is C22H25N3O3. The lowest BCUT2D eigenvalue weighted by Crippen LogP contribution is -2.23. The van der Waals surface area contributed by atoms with Gasteiger partial charge in [0.15, 0.2) is 0 Å². The van der Waals surface area contributed by atoms with Gasteiger partial charge in [0.25, 0.3) is 0 Å². The fraction of sp³-hybridized carbons (Fsp3) is 0.273. The molecule has 0 saturated heterocycles. The number of methoxy groups -OCH3 is 2. The Bertz CT molecular complexity index is 890. The summed E-state index contributed by atoms with van der Waals surface area (Å²) in [5.41, 5.74) is 3.22. The number of carbonyl (C=O) groups excluding carboxylic acids is 1. The second-order valence-corrected chi connectivity index (χ2v) is 6.51. The molecule has 0 saturated carbocycles. The Morgan fingerprint density at radius 1 is 1.07 bits per heavy atom. The normalized spacial score (nSPS) is 10.5. The van der Waals surface area contributed by atoms with Crippen molar-refractivity contribution in [3.8, 4) is 11.5 Å². The summed E-state index contributed by atoms with van der Waals surface area (Å²) in [5, 5.41) is 2.97. The number of imidazole rings is 1. The van der Waals surface area contributed by atoms with E-state index in [1.54, 1.807) is 26.7 Å². The number of nitrogens with zero attached hydrogens (tertiary/aromatic N) is 2. The molecule has 28 heavy (non-hydrogen) atoms. The standard InChI is InChI=1S/C22H25N3O3/c1-27-20-8-9-21(28-2)19(13-20)7-10-22(26)24-14-17-3-5-18(6-4-17)15-25-12-11-23-16-25/h3-6,8-9,11-13,16H,7,10,14-15H2,1-2H3,(H,24,26). The molecule has 6 heteroatoms. The van der Waals surface area contributed by atoms with E-state index in [0.717, 1.165) is 29.2 Å². The first-order valence-electron chi connectivity index (χ1n) is 9.19. The fourth-order valence-electron chi connectivity index (χ4n) is 2.97. The smallest absolute Gasteiger partial charge is 0.220 e. The molecular weight excluding hydrogens is 354 g/mol. The van der Waals surface area contributed by atoms with Crippen molar-refractivity contribution in [2.24, 2.45) is 0 Å². The second-order valence-electron chi connectivity index (χ2n) is 6.51. The number of hydrogen-bond donors (Lipinski definition) is 1. The predicted octanol–water partition coefficient (Wildman–Crippen LogP) is 3.20. The maximum Gasteiger partial charge on any atom is 0.220 e. The third-order valence-electron chi connectivity index (χ3n) is 4.55. The van der Waals surface area contributed by atoms with E-state index in [0.29, 0.717) is 19.4 Å². The molecule has 2 aromatic carbocycles. The Balaban J connectivity index is 1.48. The molecule has 0 unspecified atom stereocenters. The van der Waals surface area contributed by atoms with Gasteiger partial charge in [0.1, 0.15) is 11.5 Å². The summed E-state index contributed by atoms with van der Waals surface area (Å²) in [7, 11) is 3.25. The van der Waals surface area contributed by atoms with Crippen molar-refractivity contribution < 1.29 is 14.3 Å². The van der Waals surface area contributed by atoms with Gasteiger partial charge >= 0.3 is 0 Å². The molecule has 1 heterocycles. The number of nitrogens with one attached hydrogen (secondary N) is 1. The van der Waals surface area contributed by atoms with Gasteiger partial charge in [-0.1, -0.05) is 24.3 Å². The van der Waals surface area contributed by atoms with Crippen LogP contribution in [0.2, 0.25) is 0 Å². The second kappa shape index (κ2) is 9.60. The topological polar surface area (TPSA) is 65.4 Å². The molecule has 3 rings (SSSR count). The molecule has 0 aliphatic rings. The molecule has 0 fully saturated rings. The first-order valence-corrected chi connectivity index (χ1v) is 9.19. The highest BCUT2D eigenvalue weighted by Crippen LogP contribution is 2.25. The molecule has 0 aliphatic carbocycles. The molecule has 0 spiro atoms. The largest absolute Gasteiger partial charge is 0.497 e. The predicted molar refractivity (Wildman–Crippen MR) is 107 cm³/mol. The van der Waals surface area contributed by atoms with Crippen molar-refractivity contribution in [1.82, 2.24) is 14.9 Å². The summed E-state index contributed by atoms with van der Waals surface area (Å²) >= 11 is 0. The Kier molecular flexibility index (Phi) is 6.68. The molecule has 3 aromatic rings. The van der Waals surface area contributed by atoms with Crippen molar-refractivity contribution >= 4 is 5.91 Å². The SMILES string of the molecule is COc1ccc(OC)c(CCC(=O)NCc2ccc(Cn3ccnc3)cc2)c1. The van der Waals surface area contributed by atoms with Gasteiger partial charge in [-0.15, -0.1) is 0 Å². The number of carbonyl (C=O) groups is 1. The van der Waals surface area contributed by atoms with Gasteiger partial charge in [-0.3, -0.25) is 4.79 Å². The third-order valence-corrected chi connectivity index (χ3v) is 4.55. The number of benzene rings is 2. The van der Waals surface area contributed by atoms with Crippen LogP contribution < -0.4 is 14.8 Å². The van der Waals surface area contributed by atoms with E-state index in [9.17, 15) is 4.79 Å². The van der Waals surface area contributed by atoms with E-state index in [1.807, 2.05) is 41.1 Å². The summed E-state index contributed by atoms with van der Waals surface area (Å²) in [6.45, 7) is 1.30. The van der Waals surface area contributed by atoms with E-state index < -0.39 is 0 Å². The minimum atomic E-state index is 0.00682. The number of ether oxygens (including phenoxy) is 2. The quantitative estimate of drug-likeness (QED) is 0.620. The highest BCUT2D eigenvalue weighted by Gasteiger charge is 2.08. The number of rotatable bonds is 9. The van der Waals surface area contributed by atoms with Crippen molar-refractivity contribution in [2.75, 3.05) is 14.2 Å². The lowest BCUT2D eigenvalue weighted by Gasteiger charge is -2.11. The summed E-state index contributed by atoms with van der Waals surface area (Å²) < 4.78 is 12.6. The Labute approximate surface area is 165 Å². The molecule has 1 amide bonds. The van der Waals surface area contributed by atoms with Gasteiger partial charge < -0.3 is 19.4 Å². The monoisotopic (exact) mass is 379 g/mol. The molecule has 1 N–H and O–H groups in total. The molecule has 0 bridgehead atoms.